The van der Waals surface area contributed by atoms with Gasteiger partial charge in [-0.05, 0) is 36.0 Å². The first-order valence-electron chi connectivity index (χ1n) is 8.19. The molecule has 0 bridgehead atoms. The fraction of sp³-hybridized carbons (Fsp3) is 0.250. The summed E-state index contributed by atoms with van der Waals surface area (Å²) in [5.41, 5.74) is 6.27. The van der Waals surface area contributed by atoms with Crippen LogP contribution in [0.4, 0.5) is 5.69 Å². The Morgan fingerprint density at radius 2 is 1.78 bits per heavy atom. The number of aromatic nitrogens is 1. The molecule has 4 rings (SSSR count). The van der Waals surface area contributed by atoms with Crippen LogP contribution in [-0.2, 0) is 19.4 Å². The molecule has 0 aliphatic heterocycles. The number of aryl methyl sites for hydroxylation is 1. The molecule has 1 aliphatic rings. The fourth-order valence-electron chi connectivity index (χ4n) is 3.40. The molecule has 0 saturated carbocycles. The Morgan fingerprint density at radius 3 is 2.65 bits per heavy atom. The fourth-order valence-corrected chi connectivity index (χ4v) is 3.40. The van der Waals surface area contributed by atoms with Crippen LogP contribution in [-0.4, -0.2) is 5.16 Å². The molecule has 0 spiro atoms. The van der Waals surface area contributed by atoms with Crippen LogP contribution in [0.5, 0.6) is 0 Å². The lowest BCUT2D eigenvalue weighted by Crippen LogP contribution is -2.14. The predicted octanol–water partition coefficient (Wildman–Crippen LogP) is 4.56. The van der Waals surface area contributed by atoms with E-state index >= 15 is 0 Å². The standard InChI is InChI=1S/C20H20N2O/c1-2-6-15(7-3-1)13-21-19-14-23-22-20(19)18-11-10-16-8-4-5-9-17(16)12-18/h1-9,14,18,21H,10-13H2. The smallest absolute Gasteiger partial charge is 0.147 e. The van der Waals surface area contributed by atoms with Gasteiger partial charge in [-0.2, -0.15) is 0 Å². The van der Waals surface area contributed by atoms with Gasteiger partial charge in [0, 0.05) is 12.5 Å². The molecule has 0 radical (unpaired) electrons. The van der Waals surface area contributed by atoms with E-state index in [0.29, 0.717) is 5.92 Å². The van der Waals surface area contributed by atoms with E-state index in [0.717, 1.165) is 37.2 Å². The summed E-state index contributed by atoms with van der Waals surface area (Å²) in [6.45, 7) is 0.790. The number of nitrogens with zero attached hydrogens (tertiary/aromatic N) is 1. The van der Waals surface area contributed by atoms with Gasteiger partial charge in [0.25, 0.3) is 0 Å². The van der Waals surface area contributed by atoms with Gasteiger partial charge in [-0.1, -0.05) is 59.8 Å². The Morgan fingerprint density at radius 1 is 1.00 bits per heavy atom. The van der Waals surface area contributed by atoms with Gasteiger partial charge < -0.3 is 9.84 Å². The number of hydrogen-bond acceptors (Lipinski definition) is 3. The van der Waals surface area contributed by atoms with Crippen LogP contribution in [0.2, 0.25) is 0 Å². The van der Waals surface area contributed by atoms with E-state index in [1.807, 2.05) is 6.07 Å². The molecule has 1 aromatic heterocycles. The zero-order valence-corrected chi connectivity index (χ0v) is 13.0. The molecule has 1 heterocycles. The lowest BCUT2D eigenvalue weighted by atomic mass is 9.82. The molecule has 116 valence electrons. The Bertz CT molecular complexity index is 779. The highest BCUT2D eigenvalue weighted by molar-refractivity contribution is 5.48. The Balaban J connectivity index is 1.49. The Labute approximate surface area is 136 Å². The second-order valence-electron chi connectivity index (χ2n) is 6.16. The van der Waals surface area contributed by atoms with Gasteiger partial charge in [0.15, 0.2) is 0 Å². The molecule has 23 heavy (non-hydrogen) atoms. The number of anilines is 1. The maximum Gasteiger partial charge on any atom is 0.147 e. The van der Waals surface area contributed by atoms with Crippen LogP contribution in [0.15, 0.2) is 65.4 Å². The van der Waals surface area contributed by atoms with Gasteiger partial charge in [0.05, 0.1) is 5.69 Å². The average Bonchev–Trinajstić information content (AvgIpc) is 3.09. The van der Waals surface area contributed by atoms with Crippen LogP contribution in [0.25, 0.3) is 0 Å². The molecular weight excluding hydrogens is 284 g/mol. The number of nitrogens with one attached hydrogen (secondary N) is 1. The third-order valence-corrected chi connectivity index (χ3v) is 4.66. The first-order valence-corrected chi connectivity index (χ1v) is 8.19. The van der Waals surface area contributed by atoms with E-state index in [1.165, 1.54) is 16.7 Å². The molecule has 0 amide bonds. The molecule has 0 saturated heterocycles. The molecule has 1 atom stereocenters. The van der Waals surface area contributed by atoms with Crippen molar-refractivity contribution in [3.63, 3.8) is 0 Å². The molecule has 1 unspecified atom stereocenters. The molecule has 0 fully saturated rings. The number of rotatable bonds is 4. The molecule has 1 N–H and O–H groups in total. The zero-order valence-electron chi connectivity index (χ0n) is 13.0. The summed E-state index contributed by atoms with van der Waals surface area (Å²) >= 11 is 0. The summed E-state index contributed by atoms with van der Waals surface area (Å²) in [5.74, 6) is 0.432. The summed E-state index contributed by atoms with van der Waals surface area (Å²) in [4.78, 5) is 0. The lowest BCUT2D eigenvalue weighted by molar-refractivity contribution is 0.399. The highest BCUT2D eigenvalue weighted by Crippen LogP contribution is 2.35. The SMILES string of the molecule is c1ccc(CNc2conc2C2CCc3ccccc3C2)cc1. The maximum atomic E-state index is 5.26. The van der Waals surface area contributed by atoms with Crippen molar-refractivity contribution in [2.45, 2.75) is 31.7 Å². The van der Waals surface area contributed by atoms with Crippen molar-refractivity contribution >= 4 is 5.69 Å². The van der Waals surface area contributed by atoms with E-state index in [2.05, 4.69) is 59.0 Å². The maximum absolute atomic E-state index is 5.26. The predicted molar refractivity (Wildman–Crippen MR) is 91.5 cm³/mol. The first-order chi connectivity index (χ1) is 11.4. The van der Waals surface area contributed by atoms with E-state index in [1.54, 1.807) is 6.26 Å². The van der Waals surface area contributed by atoms with Gasteiger partial charge in [-0.25, -0.2) is 0 Å². The van der Waals surface area contributed by atoms with Crippen molar-refractivity contribution in [1.82, 2.24) is 5.16 Å². The highest BCUT2D eigenvalue weighted by Gasteiger charge is 2.24. The third kappa shape index (κ3) is 3.00. The van der Waals surface area contributed by atoms with Crippen molar-refractivity contribution in [3.8, 4) is 0 Å². The average molecular weight is 304 g/mol. The topological polar surface area (TPSA) is 38.1 Å². The summed E-state index contributed by atoms with van der Waals surface area (Å²) < 4.78 is 5.26. The van der Waals surface area contributed by atoms with Crippen molar-refractivity contribution in [3.05, 3.63) is 83.2 Å². The zero-order chi connectivity index (χ0) is 15.5. The minimum atomic E-state index is 0.432. The second-order valence-corrected chi connectivity index (χ2v) is 6.16. The normalized spacial score (nSPS) is 16.8. The van der Waals surface area contributed by atoms with E-state index in [9.17, 15) is 0 Å². The van der Waals surface area contributed by atoms with Gasteiger partial charge in [-0.15, -0.1) is 0 Å². The van der Waals surface area contributed by atoms with Crippen LogP contribution in [0, 0.1) is 0 Å². The summed E-state index contributed by atoms with van der Waals surface area (Å²) in [7, 11) is 0. The lowest BCUT2D eigenvalue weighted by Gasteiger charge is -2.23. The van der Waals surface area contributed by atoms with Gasteiger partial charge in [0.2, 0.25) is 0 Å². The van der Waals surface area contributed by atoms with Crippen molar-refractivity contribution in [2.24, 2.45) is 0 Å². The van der Waals surface area contributed by atoms with Crippen LogP contribution < -0.4 is 5.32 Å². The van der Waals surface area contributed by atoms with Crippen LogP contribution >= 0.6 is 0 Å². The van der Waals surface area contributed by atoms with Gasteiger partial charge >= 0.3 is 0 Å². The molecular formula is C20H20N2O. The van der Waals surface area contributed by atoms with Crippen molar-refractivity contribution in [2.75, 3.05) is 5.32 Å². The Hall–Kier alpha value is -2.55. The third-order valence-electron chi connectivity index (χ3n) is 4.66. The Kier molecular flexibility index (Phi) is 3.85. The molecule has 3 heteroatoms. The molecule has 3 nitrogen and oxygen atoms in total. The minimum Gasteiger partial charge on any atom is -0.377 e. The van der Waals surface area contributed by atoms with Crippen LogP contribution in [0.3, 0.4) is 0 Å². The van der Waals surface area contributed by atoms with Crippen molar-refractivity contribution < 1.29 is 4.52 Å². The second kappa shape index (κ2) is 6.29. The number of fused-ring (bicyclic) bond motifs is 1. The molecule has 3 aromatic rings. The first kappa shape index (κ1) is 14.1. The summed E-state index contributed by atoms with van der Waals surface area (Å²) in [6, 6.07) is 19.1. The molecule has 1 aliphatic carbocycles. The summed E-state index contributed by atoms with van der Waals surface area (Å²) in [6.07, 6.45) is 5.02. The van der Waals surface area contributed by atoms with Gasteiger partial charge in [0.1, 0.15) is 12.0 Å². The van der Waals surface area contributed by atoms with E-state index in [4.69, 9.17) is 4.52 Å². The van der Waals surface area contributed by atoms with Crippen LogP contribution in [0.1, 0.15) is 34.7 Å². The van der Waals surface area contributed by atoms with E-state index in [-0.39, 0.29) is 0 Å². The number of hydrogen-bond donors (Lipinski definition) is 1. The number of benzene rings is 2. The molecule has 2 aromatic carbocycles. The van der Waals surface area contributed by atoms with Crippen molar-refractivity contribution in [1.29, 1.82) is 0 Å². The monoisotopic (exact) mass is 304 g/mol. The minimum absolute atomic E-state index is 0.432. The summed E-state index contributed by atoms with van der Waals surface area (Å²) in [5, 5.41) is 7.76. The van der Waals surface area contributed by atoms with E-state index < -0.39 is 0 Å². The largest absolute Gasteiger partial charge is 0.377 e. The van der Waals surface area contributed by atoms with Gasteiger partial charge in [-0.3, -0.25) is 0 Å². The quantitative estimate of drug-likeness (QED) is 0.768. The highest BCUT2D eigenvalue weighted by atomic mass is 16.5.